The van der Waals surface area contributed by atoms with Gasteiger partial charge in [-0.05, 0) is 12.8 Å². The molecule has 0 bridgehead atoms. The van der Waals surface area contributed by atoms with Gasteiger partial charge in [-0.3, -0.25) is 4.79 Å². The van der Waals surface area contributed by atoms with Gasteiger partial charge in [-0.1, -0.05) is 43.2 Å². The lowest BCUT2D eigenvalue weighted by atomic mass is 9.84. The first kappa shape index (κ1) is 12.9. The Bertz CT molecular complexity index is 592. The second-order valence-electron chi connectivity index (χ2n) is 5.32. The highest BCUT2D eigenvalue weighted by Gasteiger charge is 2.33. The molecular formula is C16H18N2O2. The minimum Gasteiger partial charge on any atom is -0.481 e. The van der Waals surface area contributed by atoms with E-state index < -0.39 is 5.97 Å². The van der Waals surface area contributed by atoms with E-state index in [-0.39, 0.29) is 12.0 Å². The van der Waals surface area contributed by atoms with E-state index in [4.69, 9.17) is 0 Å². The zero-order chi connectivity index (χ0) is 13.9. The minimum atomic E-state index is -0.692. The number of carboxylic acid groups (broad SMARTS) is 1. The van der Waals surface area contributed by atoms with Crippen LogP contribution in [0.15, 0.2) is 42.7 Å². The van der Waals surface area contributed by atoms with E-state index in [1.807, 2.05) is 41.1 Å². The highest BCUT2D eigenvalue weighted by molar-refractivity contribution is 5.71. The van der Waals surface area contributed by atoms with Crippen molar-refractivity contribution in [1.29, 1.82) is 0 Å². The molecule has 0 aliphatic heterocycles. The van der Waals surface area contributed by atoms with Crippen LogP contribution in [0.2, 0.25) is 0 Å². The normalized spacial score (nSPS) is 22.6. The van der Waals surface area contributed by atoms with Gasteiger partial charge in [-0.25, -0.2) is 4.98 Å². The van der Waals surface area contributed by atoms with E-state index in [0.717, 1.165) is 37.1 Å². The number of rotatable bonds is 3. The van der Waals surface area contributed by atoms with Crippen LogP contribution in [-0.4, -0.2) is 20.6 Å². The third-order valence-corrected chi connectivity index (χ3v) is 4.10. The lowest BCUT2D eigenvalue weighted by Gasteiger charge is -2.30. The number of imidazole rings is 1. The number of aromatic nitrogens is 2. The topological polar surface area (TPSA) is 55.1 Å². The molecule has 0 saturated heterocycles. The molecule has 2 atom stereocenters. The number of carboxylic acids is 1. The number of hydrogen-bond donors (Lipinski definition) is 1. The fraction of sp³-hybridized carbons (Fsp3) is 0.375. The highest BCUT2D eigenvalue weighted by atomic mass is 16.4. The molecule has 0 radical (unpaired) electrons. The summed E-state index contributed by atoms with van der Waals surface area (Å²) in [5.74, 6) is -0.133. The summed E-state index contributed by atoms with van der Waals surface area (Å²) in [6.45, 7) is 0. The molecule has 1 aliphatic rings. The van der Waals surface area contributed by atoms with Crippen molar-refractivity contribution in [1.82, 2.24) is 9.55 Å². The number of benzene rings is 1. The van der Waals surface area contributed by atoms with Gasteiger partial charge in [0.2, 0.25) is 0 Å². The van der Waals surface area contributed by atoms with Crippen LogP contribution in [0.25, 0.3) is 11.4 Å². The Balaban J connectivity index is 1.98. The Morgan fingerprint density at radius 3 is 2.70 bits per heavy atom. The maximum atomic E-state index is 11.5. The molecule has 1 N–H and O–H groups in total. The monoisotopic (exact) mass is 270 g/mol. The second-order valence-corrected chi connectivity index (χ2v) is 5.32. The first-order valence-electron chi connectivity index (χ1n) is 7.08. The number of aliphatic carboxylic acids is 1. The molecule has 1 aliphatic carbocycles. The zero-order valence-corrected chi connectivity index (χ0v) is 11.3. The third kappa shape index (κ3) is 2.33. The Hall–Kier alpha value is -2.10. The van der Waals surface area contributed by atoms with Gasteiger partial charge in [0.15, 0.2) is 0 Å². The largest absolute Gasteiger partial charge is 0.481 e. The van der Waals surface area contributed by atoms with Crippen molar-refractivity contribution >= 4 is 5.97 Å². The summed E-state index contributed by atoms with van der Waals surface area (Å²) in [7, 11) is 0. The van der Waals surface area contributed by atoms with Crippen LogP contribution in [0, 0.1) is 5.92 Å². The van der Waals surface area contributed by atoms with Crippen LogP contribution in [-0.2, 0) is 4.79 Å². The molecule has 1 aromatic carbocycles. The molecule has 0 spiro atoms. The van der Waals surface area contributed by atoms with Crippen molar-refractivity contribution in [2.45, 2.75) is 31.7 Å². The van der Waals surface area contributed by atoms with Gasteiger partial charge in [0.05, 0.1) is 5.92 Å². The summed E-state index contributed by atoms with van der Waals surface area (Å²) in [6.07, 6.45) is 7.42. The van der Waals surface area contributed by atoms with Crippen LogP contribution >= 0.6 is 0 Å². The smallest absolute Gasteiger partial charge is 0.308 e. The molecule has 4 heteroatoms. The van der Waals surface area contributed by atoms with Gasteiger partial charge in [0.25, 0.3) is 0 Å². The molecule has 0 amide bonds. The lowest BCUT2D eigenvalue weighted by Crippen LogP contribution is -2.29. The van der Waals surface area contributed by atoms with Gasteiger partial charge < -0.3 is 9.67 Å². The fourth-order valence-corrected chi connectivity index (χ4v) is 3.12. The number of hydrogen-bond acceptors (Lipinski definition) is 2. The number of nitrogens with zero attached hydrogens (tertiary/aromatic N) is 2. The van der Waals surface area contributed by atoms with Gasteiger partial charge in [-0.15, -0.1) is 0 Å². The van der Waals surface area contributed by atoms with Crippen molar-refractivity contribution in [2.75, 3.05) is 0 Å². The van der Waals surface area contributed by atoms with E-state index in [9.17, 15) is 9.90 Å². The van der Waals surface area contributed by atoms with Gasteiger partial charge in [0.1, 0.15) is 5.82 Å². The van der Waals surface area contributed by atoms with Crippen LogP contribution in [0.3, 0.4) is 0 Å². The highest BCUT2D eigenvalue weighted by Crippen LogP contribution is 2.36. The van der Waals surface area contributed by atoms with E-state index in [1.54, 1.807) is 6.20 Å². The van der Waals surface area contributed by atoms with Gasteiger partial charge in [0, 0.05) is 24.0 Å². The molecule has 20 heavy (non-hydrogen) atoms. The van der Waals surface area contributed by atoms with Crippen LogP contribution in [0.4, 0.5) is 0 Å². The molecule has 3 rings (SSSR count). The summed E-state index contributed by atoms with van der Waals surface area (Å²) < 4.78 is 2.05. The first-order chi connectivity index (χ1) is 9.77. The SMILES string of the molecule is O=C(O)C1CCCCC1n1ccnc1-c1ccccc1. The Morgan fingerprint density at radius 1 is 1.20 bits per heavy atom. The van der Waals surface area contributed by atoms with Crippen molar-refractivity contribution in [3.63, 3.8) is 0 Å². The molecule has 2 unspecified atom stereocenters. The summed E-state index contributed by atoms with van der Waals surface area (Å²) in [6, 6.07) is 9.96. The minimum absolute atomic E-state index is 0.0129. The average Bonchev–Trinajstić information content (AvgIpc) is 2.97. The summed E-state index contributed by atoms with van der Waals surface area (Å²) >= 11 is 0. The maximum Gasteiger partial charge on any atom is 0.308 e. The summed E-state index contributed by atoms with van der Waals surface area (Å²) in [5, 5.41) is 9.44. The molecule has 104 valence electrons. The van der Waals surface area contributed by atoms with Crippen LogP contribution in [0.1, 0.15) is 31.7 Å². The summed E-state index contributed by atoms with van der Waals surface area (Å²) in [5.41, 5.74) is 1.03. The quantitative estimate of drug-likeness (QED) is 0.930. The van der Waals surface area contributed by atoms with Crippen molar-refractivity contribution in [3.05, 3.63) is 42.7 Å². The average molecular weight is 270 g/mol. The molecule has 2 aromatic rings. The molecule has 1 fully saturated rings. The van der Waals surface area contributed by atoms with Crippen LogP contribution in [0.5, 0.6) is 0 Å². The Labute approximate surface area is 118 Å². The molecule has 1 saturated carbocycles. The van der Waals surface area contributed by atoms with E-state index in [2.05, 4.69) is 4.98 Å². The molecule has 1 aromatic heterocycles. The predicted molar refractivity (Wildman–Crippen MR) is 76.3 cm³/mol. The van der Waals surface area contributed by atoms with Gasteiger partial charge >= 0.3 is 5.97 Å². The number of carbonyl (C=O) groups is 1. The third-order valence-electron chi connectivity index (χ3n) is 4.10. The predicted octanol–water partition coefficient (Wildman–Crippen LogP) is 3.37. The van der Waals surface area contributed by atoms with E-state index >= 15 is 0 Å². The Kier molecular flexibility index (Phi) is 3.54. The fourth-order valence-electron chi connectivity index (χ4n) is 3.12. The lowest BCUT2D eigenvalue weighted by molar-refractivity contribution is -0.144. The molecule has 4 nitrogen and oxygen atoms in total. The Morgan fingerprint density at radius 2 is 1.95 bits per heavy atom. The van der Waals surface area contributed by atoms with E-state index in [1.165, 1.54) is 0 Å². The molecule has 1 heterocycles. The van der Waals surface area contributed by atoms with Crippen LogP contribution < -0.4 is 0 Å². The second kappa shape index (κ2) is 5.49. The maximum absolute atomic E-state index is 11.5. The van der Waals surface area contributed by atoms with Crippen molar-refractivity contribution in [3.8, 4) is 11.4 Å². The van der Waals surface area contributed by atoms with E-state index in [0.29, 0.717) is 0 Å². The zero-order valence-electron chi connectivity index (χ0n) is 11.3. The standard InChI is InChI=1S/C16H18N2O2/c19-16(20)13-8-4-5-9-14(13)18-11-10-17-15(18)12-6-2-1-3-7-12/h1-3,6-7,10-11,13-14H,4-5,8-9H2,(H,19,20). The first-order valence-corrected chi connectivity index (χ1v) is 7.08. The van der Waals surface area contributed by atoms with Gasteiger partial charge in [-0.2, -0.15) is 0 Å². The molecular weight excluding hydrogens is 252 g/mol. The van der Waals surface area contributed by atoms with Crippen molar-refractivity contribution in [2.24, 2.45) is 5.92 Å². The summed E-state index contributed by atoms with van der Waals surface area (Å²) in [4.78, 5) is 15.9. The van der Waals surface area contributed by atoms with Crippen molar-refractivity contribution < 1.29 is 9.90 Å².